The number of piperidine rings is 2. The van der Waals surface area contributed by atoms with Gasteiger partial charge in [-0.2, -0.15) is 20.4 Å². The Morgan fingerprint density at radius 2 is 0.712 bits per heavy atom. The van der Waals surface area contributed by atoms with Crippen molar-refractivity contribution in [2.45, 2.75) is 69.7 Å². The van der Waals surface area contributed by atoms with Crippen molar-refractivity contribution in [3.05, 3.63) is 290 Å². The summed E-state index contributed by atoms with van der Waals surface area (Å²) in [4.78, 5) is 101. The van der Waals surface area contributed by atoms with Crippen LogP contribution in [0.3, 0.4) is 0 Å². The predicted molar refractivity (Wildman–Crippen MR) is 560 cm³/mol. The molecule has 39 heteroatoms. The molecular formula is C107H113F4N29O6. The van der Waals surface area contributed by atoms with Crippen LogP contribution >= 0.6 is 0 Å². The number of aromatic nitrogens is 16. The maximum absolute atomic E-state index is 13.6. The van der Waals surface area contributed by atoms with Gasteiger partial charge >= 0.3 is 0 Å². The first-order valence-electron chi connectivity index (χ1n) is 47.8. The minimum atomic E-state index is -2.63. The number of alkyl halides is 4. The lowest BCUT2D eigenvalue weighted by Crippen LogP contribution is -2.38. The highest BCUT2D eigenvalue weighted by molar-refractivity contribution is 6.15. The van der Waals surface area contributed by atoms with E-state index in [1.807, 2.05) is 241 Å². The molecule has 0 spiro atoms. The number of anilines is 8. The van der Waals surface area contributed by atoms with E-state index in [1.165, 1.54) is 0 Å². The molecule has 0 radical (unpaired) electrons. The van der Waals surface area contributed by atoms with Crippen LogP contribution in [-0.4, -0.2) is 274 Å². The fourth-order valence-corrected chi connectivity index (χ4v) is 16.9. The third kappa shape index (κ3) is 26.7. The van der Waals surface area contributed by atoms with Crippen molar-refractivity contribution in [1.82, 2.24) is 105 Å². The van der Waals surface area contributed by atoms with Crippen molar-refractivity contribution in [3.8, 4) is 56.0 Å². The highest BCUT2D eigenvalue weighted by Gasteiger charge is 2.38. The lowest BCUT2D eigenvalue weighted by Gasteiger charge is -2.31. The molecule has 17 aromatic rings. The number of hydrogen-bond acceptors (Lipinski definition) is 27. The zero-order valence-electron chi connectivity index (χ0n) is 82.0. The molecule has 20 rings (SSSR count). The average Bonchev–Trinajstić information content (AvgIpc) is 1.65. The normalized spacial score (nSPS) is 14.2. The molecule has 0 atom stereocenters. The van der Waals surface area contributed by atoms with E-state index < -0.39 is 11.8 Å². The van der Waals surface area contributed by atoms with Gasteiger partial charge in [-0.15, -0.1) is 0 Å². The van der Waals surface area contributed by atoms with Crippen LogP contribution in [0.15, 0.2) is 250 Å². The molecule has 3 aliphatic rings. The summed E-state index contributed by atoms with van der Waals surface area (Å²) in [6, 6.07) is 55.2. The fraction of sp³-hybridized carbons (Fsp3) is 0.271. The Kier molecular flexibility index (Phi) is 32.0. The van der Waals surface area contributed by atoms with Gasteiger partial charge in [-0.1, -0.05) is 42.5 Å². The molecule has 146 heavy (non-hydrogen) atoms. The van der Waals surface area contributed by atoms with Gasteiger partial charge in [-0.05, 0) is 213 Å². The second-order valence-corrected chi connectivity index (χ2v) is 37.1. The van der Waals surface area contributed by atoms with Crippen molar-refractivity contribution in [2.24, 2.45) is 0 Å². The van der Waals surface area contributed by atoms with E-state index >= 15 is 0 Å². The number of carbonyl (C=O) groups is 4. The molecule has 0 saturated carbocycles. The van der Waals surface area contributed by atoms with Crippen LogP contribution in [0, 0.1) is 0 Å². The maximum atomic E-state index is 13.6. The molecule has 0 bridgehead atoms. The number of rotatable bonds is 30. The number of aliphatic hydroxyl groups is 1. The first-order valence-corrected chi connectivity index (χ1v) is 47.8. The largest absolute Gasteiger partial charge is 0.456 e. The molecule has 3 aliphatic heterocycles. The third-order valence-electron chi connectivity index (χ3n) is 24.8. The molecule has 3 saturated heterocycles. The van der Waals surface area contributed by atoms with Crippen molar-refractivity contribution in [2.75, 3.05) is 164 Å². The van der Waals surface area contributed by atoms with E-state index in [9.17, 15) is 41.8 Å². The number of halogens is 4. The average molecular weight is 1980 g/mol. The Bertz CT molecular complexity index is 7360. The van der Waals surface area contributed by atoms with E-state index in [0.29, 0.717) is 88.8 Å². The van der Waals surface area contributed by atoms with Crippen LogP contribution in [0.4, 0.5) is 63.6 Å². The number of para-hydroxylation sites is 1. The van der Waals surface area contributed by atoms with Crippen LogP contribution < -0.4 is 46.4 Å². The molecule has 750 valence electrons. The zero-order chi connectivity index (χ0) is 102. The number of benzene rings is 5. The highest BCUT2D eigenvalue weighted by atomic mass is 19.3. The monoisotopic (exact) mass is 1980 g/mol. The topological polar surface area (TPSA) is 410 Å². The van der Waals surface area contributed by atoms with E-state index in [4.69, 9.17) is 4.74 Å². The number of fused-ring (bicyclic) bond motifs is 4. The summed E-state index contributed by atoms with van der Waals surface area (Å²) in [6.07, 6.45) is 21.7. The lowest BCUT2D eigenvalue weighted by atomic mass is 10.0. The Balaban J connectivity index is 0.000000133. The van der Waals surface area contributed by atoms with Crippen LogP contribution in [0.25, 0.3) is 88.1 Å². The molecule has 0 unspecified atom stereocenters. The van der Waals surface area contributed by atoms with Gasteiger partial charge in [0.05, 0.1) is 88.4 Å². The number of likely N-dealkylation sites (tertiary alicyclic amines) is 3. The summed E-state index contributed by atoms with van der Waals surface area (Å²) in [5.41, 5.74) is 16.6. The van der Waals surface area contributed by atoms with Gasteiger partial charge in [0.25, 0.3) is 35.5 Å². The van der Waals surface area contributed by atoms with Crippen molar-refractivity contribution >= 4 is 113 Å². The summed E-state index contributed by atoms with van der Waals surface area (Å²) in [5.74, 6) is -2.07. The number of H-pyrrole nitrogens is 4. The number of hydrogen-bond donors (Lipinski definition) is 11. The van der Waals surface area contributed by atoms with Gasteiger partial charge in [-0.3, -0.25) is 74.2 Å². The second-order valence-electron chi connectivity index (χ2n) is 37.1. The van der Waals surface area contributed by atoms with Crippen molar-refractivity contribution in [1.29, 1.82) is 0 Å². The van der Waals surface area contributed by atoms with Gasteiger partial charge in [0.2, 0.25) is 0 Å². The van der Waals surface area contributed by atoms with E-state index in [2.05, 4.69) is 133 Å². The summed E-state index contributed by atoms with van der Waals surface area (Å²) in [6.45, 7) is 7.70. The Labute approximate surface area is 839 Å². The van der Waals surface area contributed by atoms with Crippen molar-refractivity contribution < 1.29 is 46.6 Å². The number of nitrogens with one attached hydrogen (secondary N) is 10. The van der Waals surface area contributed by atoms with Gasteiger partial charge in [0, 0.05) is 213 Å². The minimum Gasteiger partial charge on any atom is -0.456 e. The predicted octanol–water partition coefficient (Wildman–Crippen LogP) is 17.0. The minimum absolute atomic E-state index is 0.115. The SMILES string of the molecule is CN(C)CCNc1ccc(NC(=O)c2n[nH]c3ccc(-c4cncc(CN5CCC(F)(F)C5)c4)cc23)cn1.CN(C)CCNc1ccc(NC(=O)c2n[nH]c3ccc(-c4cncc(CN5CCC(F)(F)CC5)c4)cc23)cn1.CN(C)c1ccc(NC(=O)c2n[nH]c3ccc(-c4cncc(CN5CCC(O)CC5)c4)cc23)cn1.CN(C)c1ccc(NC(=O)c2n[nH]c3ccc(-c4cncc(Oc5ccccc5)c4)cc23)cn1. The molecular weight excluding hydrogens is 1860 g/mol. The number of aliphatic hydroxyl groups excluding tert-OH is 1. The first-order chi connectivity index (χ1) is 70.5. The molecule has 5 aromatic carbocycles. The standard InChI is InChI=1S/C28H32F2N8O.C27H30F2N8O.C26H29N7O2.C26H22N6O2/c1-37(2)12-9-32-25-6-4-22(17-33-25)34-27(39)26-23-14-20(3-5-24(23)35-36-26)21-13-19(15-31-16-21)18-38-10-7-28(29,30)8-11-38;1-36(2)10-8-31-24-6-4-21(15-32-24)33-26(38)25-22-12-19(3-5-23(22)34-35-25)20-11-18(13-30-14-20)16-37-9-7-27(28,29)17-37;1-32(2)24-6-4-20(15-28-24)29-26(35)25-22-12-18(3-5-23(22)30-31-25)19-11-17(13-27-14-19)16-33-9-7-21(34)8-10-33;1-32(2)24-11-9-19(15-28-24)29-26(33)25-22-13-17(8-10-23(22)30-31-25)18-12-21(16-27-14-18)34-20-6-4-3-5-7-20/h3-6,13-17H,7-12,18H2,1-2H3,(H,32,33)(H,34,39)(H,35,36);3-6,11-15H,7-10,16-17H2,1-2H3,(H,31,32)(H,33,38)(H,34,35);3-6,11-15,21,34H,7-10,16H2,1-2H3,(H,29,35)(H,30,31);3-16H,1-2H3,(H,29,33)(H,30,31). The van der Waals surface area contributed by atoms with Gasteiger partial charge in [-0.25, -0.2) is 37.5 Å². The van der Waals surface area contributed by atoms with Gasteiger partial charge in [0.1, 0.15) is 34.8 Å². The molecule has 15 heterocycles. The number of ether oxygens (including phenoxy) is 1. The molecule has 4 amide bonds. The van der Waals surface area contributed by atoms with E-state index in [-0.39, 0.29) is 66.9 Å². The molecule has 11 N–H and O–H groups in total. The molecule has 35 nitrogen and oxygen atoms in total. The van der Waals surface area contributed by atoms with E-state index in [0.717, 1.165) is 176 Å². The van der Waals surface area contributed by atoms with Crippen LogP contribution in [0.5, 0.6) is 11.5 Å². The Morgan fingerprint density at radius 1 is 0.370 bits per heavy atom. The smallest absolute Gasteiger partial charge is 0.276 e. The third-order valence-corrected chi connectivity index (χ3v) is 24.8. The summed E-state index contributed by atoms with van der Waals surface area (Å²) < 4.78 is 60.1. The summed E-state index contributed by atoms with van der Waals surface area (Å²) in [7, 11) is 15.7. The van der Waals surface area contributed by atoms with Crippen molar-refractivity contribution in [3.63, 3.8) is 0 Å². The number of aromatic amines is 4. The number of amides is 4. The van der Waals surface area contributed by atoms with Crippen LogP contribution in [0.2, 0.25) is 0 Å². The fourth-order valence-electron chi connectivity index (χ4n) is 16.9. The summed E-state index contributed by atoms with van der Waals surface area (Å²) >= 11 is 0. The van der Waals surface area contributed by atoms with Gasteiger partial charge < -0.3 is 61.3 Å². The molecule has 3 fully saturated rings. The Hall–Kier alpha value is -16.5. The number of carbonyl (C=O) groups excluding carboxylic acids is 4. The number of nitrogens with zero attached hydrogens (tertiary/aromatic N) is 19. The molecule has 12 aromatic heterocycles. The van der Waals surface area contributed by atoms with Crippen LogP contribution in [-0.2, 0) is 19.6 Å². The quantitative estimate of drug-likeness (QED) is 0.0186. The maximum Gasteiger partial charge on any atom is 0.276 e. The van der Waals surface area contributed by atoms with Gasteiger partial charge in [0.15, 0.2) is 22.8 Å². The van der Waals surface area contributed by atoms with E-state index in [1.54, 1.807) is 79.0 Å². The number of pyridine rings is 8. The molecule has 0 aliphatic carbocycles. The number of likely N-dealkylation sites (N-methyl/N-ethyl adjacent to an activating group) is 2. The summed E-state index contributed by atoms with van der Waals surface area (Å²) in [5, 5.41) is 59.2. The lowest BCUT2D eigenvalue weighted by molar-refractivity contribution is -0.0566. The van der Waals surface area contributed by atoms with Crippen LogP contribution in [0.1, 0.15) is 90.7 Å². The zero-order valence-corrected chi connectivity index (χ0v) is 82.0. The Morgan fingerprint density at radius 3 is 1.05 bits per heavy atom. The second kappa shape index (κ2) is 46.3. The first kappa shape index (κ1) is 101. The highest BCUT2D eigenvalue weighted by Crippen LogP contribution is 2.37.